The summed E-state index contributed by atoms with van der Waals surface area (Å²) < 4.78 is 30.1. The number of rotatable bonds is 3. The molecule has 0 aromatic carbocycles. The molecule has 0 N–H and O–H groups in total. The molecule has 0 bridgehead atoms. The van der Waals surface area contributed by atoms with Gasteiger partial charge in [0.15, 0.2) is 0 Å². The average molecular weight is 332 g/mol. The number of hydrogen-bond donors (Lipinski definition) is 0. The molecule has 0 radical (unpaired) electrons. The normalized spacial score (nSPS) is 33.0. The van der Waals surface area contributed by atoms with Crippen molar-refractivity contribution in [3.63, 3.8) is 0 Å². The van der Waals surface area contributed by atoms with Crippen LogP contribution in [0.15, 0.2) is 47.1 Å². The van der Waals surface area contributed by atoms with E-state index in [0.717, 1.165) is 17.3 Å². The average Bonchev–Trinajstić information content (AvgIpc) is 2.64. The number of fused-ring (bicyclic) bond motifs is 1. The van der Waals surface area contributed by atoms with Crippen molar-refractivity contribution in [3.8, 4) is 11.8 Å². The van der Waals surface area contributed by atoms with Gasteiger partial charge in [-0.15, -0.1) is 0 Å². The highest BCUT2D eigenvalue weighted by atomic mass is 32.2. The maximum Gasteiger partial charge on any atom is 0.316 e. The Morgan fingerprint density at radius 3 is 2.61 bits per heavy atom. The van der Waals surface area contributed by atoms with Crippen LogP contribution in [-0.2, 0) is 0 Å². The Balaban J connectivity index is 1.80. The van der Waals surface area contributed by atoms with E-state index in [4.69, 9.17) is 0 Å². The Bertz CT molecular complexity index is 669. The van der Waals surface area contributed by atoms with E-state index < -0.39 is 5.25 Å². The lowest BCUT2D eigenvalue weighted by atomic mass is 9.74. The molecule has 0 fully saturated rings. The topological polar surface area (TPSA) is 0 Å². The lowest BCUT2D eigenvalue weighted by Gasteiger charge is -2.35. The first-order valence-electron chi connectivity index (χ1n) is 8.17. The number of halogens is 2. The van der Waals surface area contributed by atoms with E-state index in [0.29, 0.717) is 12.8 Å². The largest absolute Gasteiger partial charge is 0.316 e. The highest BCUT2D eigenvalue weighted by Crippen LogP contribution is 2.51. The van der Waals surface area contributed by atoms with Crippen LogP contribution in [0.4, 0.5) is 8.78 Å². The molecule has 0 saturated heterocycles. The molecule has 0 aliphatic heterocycles. The monoisotopic (exact) mass is 332 g/mol. The molecule has 0 aromatic heterocycles. The standard InChI is InChI=1S/C20H22F2S/c1-13-5-4-6-16(8-7-13)23-20(21,22)19-12-14(2)11-15(3)17-9-10-18(17)19/h7,9-12,14,16-18H,6,8H2,1-3H3/t14-,16?,17-,18?/m0/s1. The third kappa shape index (κ3) is 3.48. The summed E-state index contributed by atoms with van der Waals surface area (Å²) in [5.41, 5.74) is 2.48. The van der Waals surface area contributed by atoms with Gasteiger partial charge in [0.2, 0.25) is 0 Å². The smallest absolute Gasteiger partial charge is 0.189 e. The van der Waals surface area contributed by atoms with Crippen LogP contribution in [0.25, 0.3) is 0 Å². The molecule has 4 atom stereocenters. The van der Waals surface area contributed by atoms with Gasteiger partial charge in [-0.05, 0) is 31.8 Å². The van der Waals surface area contributed by atoms with E-state index in [9.17, 15) is 0 Å². The third-order valence-corrected chi connectivity index (χ3v) is 5.94. The zero-order valence-electron chi connectivity index (χ0n) is 13.8. The maximum absolute atomic E-state index is 15.0. The molecule has 3 aliphatic rings. The molecule has 0 amide bonds. The van der Waals surface area contributed by atoms with Crippen molar-refractivity contribution >= 4 is 11.8 Å². The molecule has 3 heteroatoms. The minimum Gasteiger partial charge on any atom is -0.189 e. The van der Waals surface area contributed by atoms with Crippen molar-refractivity contribution < 1.29 is 8.78 Å². The van der Waals surface area contributed by atoms with E-state index in [1.807, 2.05) is 39.0 Å². The van der Waals surface area contributed by atoms with Gasteiger partial charge in [-0.1, -0.05) is 66.5 Å². The quantitative estimate of drug-likeness (QED) is 0.468. The van der Waals surface area contributed by atoms with Crippen LogP contribution in [-0.4, -0.2) is 10.5 Å². The molecule has 0 saturated carbocycles. The van der Waals surface area contributed by atoms with E-state index in [1.165, 1.54) is 5.57 Å². The van der Waals surface area contributed by atoms with Gasteiger partial charge < -0.3 is 0 Å². The van der Waals surface area contributed by atoms with Crippen LogP contribution in [0.1, 0.15) is 33.6 Å². The molecule has 23 heavy (non-hydrogen) atoms. The highest BCUT2D eigenvalue weighted by Gasteiger charge is 2.45. The van der Waals surface area contributed by atoms with Crippen molar-refractivity contribution in [2.75, 3.05) is 0 Å². The van der Waals surface area contributed by atoms with Crippen molar-refractivity contribution in [1.29, 1.82) is 0 Å². The van der Waals surface area contributed by atoms with E-state index >= 15 is 8.78 Å². The Kier molecular flexibility index (Phi) is 4.56. The summed E-state index contributed by atoms with van der Waals surface area (Å²) in [4.78, 5) is 0. The summed E-state index contributed by atoms with van der Waals surface area (Å²) in [6, 6.07) is 0. The second kappa shape index (κ2) is 6.32. The molecular formula is C20H22F2S. The van der Waals surface area contributed by atoms with Crippen LogP contribution in [0.3, 0.4) is 0 Å². The van der Waals surface area contributed by atoms with E-state index in [1.54, 1.807) is 6.08 Å². The molecular weight excluding hydrogens is 310 g/mol. The number of thioether (sulfide) groups is 1. The summed E-state index contributed by atoms with van der Waals surface area (Å²) in [5, 5.41) is -2.98. The summed E-state index contributed by atoms with van der Waals surface area (Å²) in [6.07, 6.45) is 11.0. The second-order valence-electron chi connectivity index (χ2n) is 6.71. The first kappa shape index (κ1) is 16.6. The second-order valence-corrected chi connectivity index (χ2v) is 8.13. The Morgan fingerprint density at radius 2 is 1.91 bits per heavy atom. The van der Waals surface area contributed by atoms with Crippen molar-refractivity contribution in [3.05, 3.63) is 47.1 Å². The van der Waals surface area contributed by atoms with Crippen LogP contribution in [0.2, 0.25) is 0 Å². The number of allylic oxidation sites excluding steroid dienone is 7. The molecule has 2 unspecified atom stereocenters. The Morgan fingerprint density at radius 1 is 1.17 bits per heavy atom. The third-order valence-electron chi connectivity index (χ3n) is 4.72. The van der Waals surface area contributed by atoms with Crippen LogP contribution in [0, 0.1) is 29.6 Å². The fraction of sp³-hybridized carbons (Fsp3) is 0.500. The Labute approximate surface area is 141 Å². The van der Waals surface area contributed by atoms with Gasteiger partial charge in [0.25, 0.3) is 0 Å². The summed E-state index contributed by atoms with van der Waals surface area (Å²) in [5.74, 6) is 6.08. The van der Waals surface area contributed by atoms with Crippen molar-refractivity contribution in [1.82, 2.24) is 0 Å². The number of hydrogen-bond acceptors (Lipinski definition) is 1. The molecule has 3 rings (SSSR count). The van der Waals surface area contributed by atoms with Crippen LogP contribution >= 0.6 is 11.8 Å². The molecule has 122 valence electrons. The zero-order valence-corrected chi connectivity index (χ0v) is 14.6. The number of alkyl halides is 2. The zero-order chi connectivity index (χ0) is 16.6. The molecule has 3 aliphatic carbocycles. The molecule has 0 heterocycles. The lowest BCUT2D eigenvalue weighted by Crippen LogP contribution is -2.31. The van der Waals surface area contributed by atoms with Gasteiger partial charge >= 0.3 is 5.25 Å². The molecule has 0 nitrogen and oxygen atoms in total. The predicted molar refractivity (Wildman–Crippen MR) is 94.2 cm³/mol. The molecule has 0 aromatic rings. The summed E-state index contributed by atoms with van der Waals surface area (Å²) in [6.45, 7) is 5.97. The highest BCUT2D eigenvalue weighted by molar-refractivity contribution is 8.01. The lowest BCUT2D eigenvalue weighted by molar-refractivity contribution is 0.131. The maximum atomic E-state index is 15.0. The van der Waals surface area contributed by atoms with Crippen molar-refractivity contribution in [2.45, 2.75) is 44.1 Å². The molecule has 0 spiro atoms. The minimum atomic E-state index is -2.83. The van der Waals surface area contributed by atoms with Gasteiger partial charge in [0.05, 0.1) is 0 Å². The van der Waals surface area contributed by atoms with Crippen molar-refractivity contribution in [2.24, 2.45) is 17.8 Å². The van der Waals surface area contributed by atoms with Gasteiger partial charge in [0, 0.05) is 29.1 Å². The summed E-state index contributed by atoms with van der Waals surface area (Å²) in [7, 11) is 0. The first-order valence-corrected chi connectivity index (χ1v) is 9.05. The van der Waals surface area contributed by atoms with Crippen LogP contribution in [0.5, 0.6) is 0 Å². The van der Waals surface area contributed by atoms with E-state index in [-0.39, 0.29) is 28.6 Å². The SMILES string of the molecule is CC1=CCC(SC(F)(F)C2=C[C@@H](C)C=C(C)[C@@H]3C=CC23)CC#C1. The fourth-order valence-electron chi connectivity index (χ4n) is 3.44. The Hall–Kier alpha value is -1.27. The summed E-state index contributed by atoms with van der Waals surface area (Å²) >= 11 is 0.791. The fourth-order valence-corrected chi connectivity index (χ4v) is 4.56. The van der Waals surface area contributed by atoms with Gasteiger partial charge in [-0.2, -0.15) is 8.78 Å². The first-order chi connectivity index (χ1) is 10.9. The van der Waals surface area contributed by atoms with E-state index in [2.05, 4.69) is 17.9 Å². The van der Waals surface area contributed by atoms with Crippen LogP contribution < -0.4 is 0 Å². The van der Waals surface area contributed by atoms with Gasteiger partial charge in [0.1, 0.15) is 0 Å². The van der Waals surface area contributed by atoms with Gasteiger partial charge in [-0.25, -0.2) is 0 Å². The van der Waals surface area contributed by atoms with Gasteiger partial charge in [-0.3, -0.25) is 0 Å². The minimum absolute atomic E-state index is 0.0555. The predicted octanol–water partition coefficient (Wildman–Crippen LogP) is 5.75.